The molecule has 2 heterocycles. The number of nitrogens with two attached hydrogens (primary N) is 1. The molecule has 0 radical (unpaired) electrons. The Balaban J connectivity index is 0.000000845. The van der Waals surface area contributed by atoms with Crippen molar-refractivity contribution in [3.63, 3.8) is 0 Å². The average molecular weight is 239 g/mol. The van der Waals surface area contributed by atoms with Gasteiger partial charge in [-0.3, -0.25) is 0 Å². The van der Waals surface area contributed by atoms with Crippen LogP contribution in [-0.2, 0) is 0 Å². The van der Waals surface area contributed by atoms with Crippen LogP contribution in [0, 0.1) is 5.92 Å². The molecule has 1 aromatic heterocycles. The fourth-order valence-corrected chi connectivity index (χ4v) is 1.86. The first-order valence-electron chi connectivity index (χ1n) is 4.34. The van der Waals surface area contributed by atoms with Gasteiger partial charge in [0.2, 0.25) is 0 Å². The molecule has 0 amide bonds. The van der Waals surface area contributed by atoms with Crippen LogP contribution in [0.5, 0.6) is 0 Å². The Morgan fingerprint density at radius 1 is 1.43 bits per heavy atom. The monoisotopic (exact) mass is 238 g/mol. The number of hydrogen-bond acceptors (Lipinski definition) is 3. The van der Waals surface area contributed by atoms with E-state index in [9.17, 15) is 0 Å². The summed E-state index contributed by atoms with van der Waals surface area (Å²) in [4.78, 5) is 0. The van der Waals surface area contributed by atoms with Crippen molar-refractivity contribution in [3.8, 4) is 0 Å². The van der Waals surface area contributed by atoms with Gasteiger partial charge in [-0.2, -0.15) is 0 Å². The SMILES string of the molecule is Cl.Cl.NCC1CNCC1c1ccoc1. The largest absolute Gasteiger partial charge is 0.472 e. The molecule has 1 aliphatic rings. The predicted molar refractivity (Wildman–Crippen MR) is 61.4 cm³/mol. The van der Waals surface area contributed by atoms with Crippen LogP contribution in [0.3, 0.4) is 0 Å². The number of halogens is 2. The van der Waals surface area contributed by atoms with Gasteiger partial charge in [-0.05, 0) is 30.6 Å². The molecule has 0 aromatic carbocycles. The number of rotatable bonds is 2. The molecule has 1 aromatic rings. The zero-order valence-corrected chi connectivity index (χ0v) is 9.44. The van der Waals surface area contributed by atoms with Crippen molar-refractivity contribution < 1.29 is 4.42 Å². The second-order valence-corrected chi connectivity index (χ2v) is 3.32. The van der Waals surface area contributed by atoms with E-state index in [4.69, 9.17) is 10.2 Å². The third kappa shape index (κ3) is 2.64. The standard InChI is InChI=1S/C9H14N2O.2ClH/c10-3-8-4-11-5-9(8)7-1-2-12-6-7;;/h1-2,6,8-9,11H,3-5,10H2;2*1H. The lowest BCUT2D eigenvalue weighted by atomic mass is 9.91. The van der Waals surface area contributed by atoms with Crippen molar-refractivity contribution in [2.45, 2.75) is 5.92 Å². The molecule has 2 unspecified atom stereocenters. The molecule has 14 heavy (non-hydrogen) atoms. The summed E-state index contributed by atoms with van der Waals surface area (Å²) in [5.41, 5.74) is 6.93. The second-order valence-electron chi connectivity index (χ2n) is 3.32. The molecule has 3 nitrogen and oxygen atoms in total. The van der Waals surface area contributed by atoms with Gasteiger partial charge >= 0.3 is 0 Å². The van der Waals surface area contributed by atoms with Gasteiger partial charge in [0.1, 0.15) is 0 Å². The lowest BCUT2D eigenvalue weighted by Gasteiger charge is -2.13. The zero-order valence-electron chi connectivity index (χ0n) is 7.81. The molecule has 5 heteroatoms. The third-order valence-corrected chi connectivity index (χ3v) is 2.61. The van der Waals surface area contributed by atoms with E-state index in [2.05, 4.69) is 5.32 Å². The molecular weight excluding hydrogens is 223 g/mol. The lowest BCUT2D eigenvalue weighted by Crippen LogP contribution is -2.20. The molecule has 82 valence electrons. The highest BCUT2D eigenvalue weighted by atomic mass is 35.5. The maximum Gasteiger partial charge on any atom is 0.0937 e. The maximum atomic E-state index is 5.66. The van der Waals surface area contributed by atoms with Crippen LogP contribution in [0.2, 0.25) is 0 Å². The number of hydrogen-bond donors (Lipinski definition) is 2. The van der Waals surface area contributed by atoms with E-state index in [0.717, 1.165) is 19.6 Å². The maximum absolute atomic E-state index is 5.66. The van der Waals surface area contributed by atoms with Gasteiger partial charge in [0.15, 0.2) is 0 Å². The van der Waals surface area contributed by atoms with Crippen LogP contribution in [-0.4, -0.2) is 19.6 Å². The second kappa shape index (κ2) is 6.30. The van der Waals surface area contributed by atoms with Crippen molar-refractivity contribution in [2.24, 2.45) is 11.7 Å². The van der Waals surface area contributed by atoms with Crippen LogP contribution in [0.4, 0.5) is 0 Å². The molecule has 0 aliphatic carbocycles. The van der Waals surface area contributed by atoms with Gasteiger partial charge < -0.3 is 15.5 Å². The van der Waals surface area contributed by atoms with Gasteiger partial charge in [0.25, 0.3) is 0 Å². The molecule has 2 atom stereocenters. The quantitative estimate of drug-likeness (QED) is 0.819. The van der Waals surface area contributed by atoms with Crippen molar-refractivity contribution in [2.75, 3.05) is 19.6 Å². The van der Waals surface area contributed by atoms with E-state index >= 15 is 0 Å². The van der Waals surface area contributed by atoms with E-state index in [-0.39, 0.29) is 24.8 Å². The van der Waals surface area contributed by atoms with Crippen molar-refractivity contribution in [1.82, 2.24) is 5.32 Å². The summed E-state index contributed by atoms with van der Waals surface area (Å²) in [5.74, 6) is 1.12. The van der Waals surface area contributed by atoms with Crippen LogP contribution in [0.1, 0.15) is 11.5 Å². The summed E-state index contributed by atoms with van der Waals surface area (Å²) in [6.07, 6.45) is 3.54. The highest BCUT2D eigenvalue weighted by molar-refractivity contribution is 5.85. The number of furan rings is 1. The van der Waals surface area contributed by atoms with E-state index in [0.29, 0.717) is 11.8 Å². The molecule has 2 rings (SSSR count). The van der Waals surface area contributed by atoms with E-state index < -0.39 is 0 Å². The van der Waals surface area contributed by atoms with Crippen molar-refractivity contribution in [3.05, 3.63) is 24.2 Å². The van der Waals surface area contributed by atoms with Crippen LogP contribution >= 0.6 is 24.8 Å². The summed E-state index contributed by atoms with van der Waals surface area (Å²) in [5, 5.41) is 3.34. The summed E-state index contributed by atoms with van der Waals surface area (Å²) in [6, 6.07) is 2.03. The third-order valence-electron chi connectivity index (χ3n) is 2.61. The minimum Gasteiger partial charge on any atom is -0.472 e. The normalized spacial score (nSPS) is 25.2. The van der Waals surface area contributed by atoms with Crippen LogP contribution in [0.25, 0.3) is 0 Å². The molecule has 1 aliphatic heterocycles. The zero-order chi connectivity index (χ0) is 8.39. The number of nitrogens with one attached hydrogen (secondary N) is 1. The molecule has 0 bridgehead atoms. The fourth-order valence-electron chi connectivity index (χ4n) is 1.86. The predicted octanol–water partition coefficient (Wildman–Crippen LogP) is 1.38. The van der Waals surface area contributed by atoms with Crippen molar-refractivity contribution >= 4 is 24.8 Å². The fraction of sp³-hybridized carbons (Fsp3) is 0.556. The smallest absolute Gasteiger partial charge is 0.0937 e. The Labute approximate surface area is 96.2 Å². The van der Waals surface area contributed by atoms with Crippen molar-refractivity contribution in [1.29, 1.82) is 0 Å². The topological polar surface area (TPSA) is 51.2 Å². The Hall–Kier alpha value is -0.220. The summed E-state index contributed by atoms with van der Waals surface area (Å²) in [7, 11) is 0. The van der Waals surface area contributed by atoms with Gasteiger partial charge in [0, 0.05) is 12.5 Å². The minimum atomic E-state index is 0. The van der Waals surface area contributed by atoms with Gasteiger partial charge in [-0.1, -0.05) is 0 Å². The van der Waals surface area contributed by atoms with E-state index in [1.165, 1.54) is 5.56 Å². The first-order valence-corrected chi connectivity index (χ1v) is 4.34. The highest BCUT2D eigenvalue weighted by Crippen LogP contribution is 2.27. The molecular formula is C9H16Cl2N2O. The molecule has 3 N–H and O–H groups in total. The summed E-state index contributed by atoms with van der Waals surface area (Å²) < 4.78 is 5.05. The van der Waals surface area contributed by atoms with Crippen LogP contribution < -0.4 is 11.1 Å². The van der Waals surface area contributed by atoms with E-state index in [1.54, 1.807) is 6.26 Å². The molecule has 0 spiro atoms. The Morgan fingerprint density at radius 3 is 2.79 bits per heavy atom. The Bertz CT molecular complexity index is 241. The highest BCUT2D eigenvalue weighted by Gasteiger charge is 2.27. The van der Waals surface area contributed by atoms with Gasteiger partial charge in [-0.25, -0.2) is 0 Å². The summed E-state index contributed by atoms with van der Waals surface area (Å²) in [6.45, 7) is 2.82. The first-order chi connectivity index (χ1) is 5.92. The summed E-state index contributed by atoms with van der Waals surface area (Å²) >= 11 is 0. The molecule has 0 saturated carbocycles. The minimum absolute atomic E-state index is 0. The first kappa shape index (κ1) is 13.8. The Kier molecular flexibility index (Phi) is 6.20. The molecule has 1 fully saturated rings. The lowest BCUT2D eigenvalue weighted by molar-refractivity contribution is 0.516. The molecule has 1 saturated heterocycles. The average Bonchev–Trinajstić information content (AvgIpc) is 2.74. The Morgan fingerprint density at radius 2 is 2.21 bits per heavy atom. The van der Waals surface area contributed by atoms with Crippen LogP contribution in [0.15, 0.2) is 23.0 Å². The van der Waals surface area contributed by atoms with Gasteiger partial charge in [0.05, 0.1) is 12.5 Å². The van der Waals surface area contributed by atoms with E-state index in [1.807, 2.05) is 12.3 Å². The van der Waals surface area contributed by atoms with Gasteiger partial charge in [-0.15, -0.1) is 24.8 Å².